The monoisotopic (exact) mass is 1110 g/mol. The van der Waals surface area contributed by atoms with Crippen LogP contribution in [0.1, 0.15) is 316 Å². The normalized spacial score (nSPS) is 19.6. The minimum absolute atomic E-state index is 0.247. The van der Waals surface area contributed by atoms with E-state index in [1.165, 1.54) is 231 Å². The molecule has 1 fully saturated rings. The van der Waals surface area contributed by atoms with E-state index in [1.54, 1.807) is 0 Å². The first-order chi connectivity index (χ1) is 38.2. The number of carbonyl (C=O) groups excluding carboxylic acids is 1. The molecule has 11 nitrogen and oxygen atoms in total. The number of aliphatic hydroxyl groups excluding tert-OH is 7. The van der Waals surface area contributed by atoms with E-state index in [2.05, 4.69) is 55.6 Å². The molecule has 460 valence electrons. The van der Waals surface area contributed by atoms with Crippen LogP contribution in [-0.2, 0) is 14.3 Å². The molecule has 1 heterocycles. The highest BCUT2D eigenvalue weighted by molar-refractivity contribution is 5.80. The van der Waals surface area contributed by atoms with Gasteiger partial charge in [0.25, 0.3) is 0 Å². The third-order valence-corrected chi connectivity index (χ3v) is 16.1. The lowest BCUT2D eigenvalue weighted by Gasteiger charge is -2.40. The van der Waals surface area contributed by atoms with Crippen LogP contribution in [0.5, 0.6) is 0 Å². The topological polar surface area (TPSA) is 189 Å². The molecule has 0 saturated carbocycles. The van der Waals surface area contributed by atoms with E-state index in [0.717, 1.165) is 38.5 Å². The highest BCUT2D eigenvalue weighted by atomic mass is 16.7. The van der Waals surface area contributed by atoms with E-state index in [0.29, 0.717) is 19.3 Å². The zero-order valence-corrected chi connectivity index (χ0v) is 50.7. The lowest BCUT2D eigenvalue weighted by molar-refractivity contribution is -0.303. The Morgan fingerprint density at radius 3 is 1.15 bits per heavy atom. The molecule has 0 aliphatic carbocycles. The van der Waals surface area contributed by atoms with Crippen LogP contribution in [0.2, 0.25) is 0 Å². The number of unbranched alkanes of at least 4 members (excludes halogenated alkanes) is 40. The highest BCUT2D eigenvalue weighted by Crippen LogP contribution is 2.24. The molecule has 0 aromatic rings. The smallest absolute Gasteiger partial charge is 0.249 e. The van der Waals surface area contributed by atoms with Crippen molar-refractivity contribution in [2.45, 2.75) is 371 Å². The van der Waals surface area contributed by atoms with Gasteiger partial charge in [-0.05, 0) is 77.0 Å². The van der Waals surface area contributed by atoms with E-state index in [1.807, 2.05) is 0 Å². The second-order valence-corrected chi connectivity index (χ2v) is 23.5. The second-order valence-electron chi connectivity index (χ2n) is 23.5. The maximum Gasteiger partial charge on any atom is 0.249 e. The maximum atomic E-state index is 13.2. The molecule has 1 rings (SSSR count). The zero-order chi connectivity index (χ0) is 56.8. The summed E-state index contributed by atoms with van der Waals surface area (Å²) in [7, 11) is 0. The molecule has 1 aliphatic rings. The lowest BCUT2D eigenvalue weighted by atomic mass is 9.98. The van der Waals surface area contributed by atoms with Crippen molar-refractivity contribution in [2.75, 3.05) is 13.2 Å². The Kier molecular flexibility index (Phi) is 53.2. The minimum Gasteiger partial charge on any atom is -0.394 e. The fraction of sp³-hybridized carbons (Fsp3) is 0.896. The largest absolute Gasteiger partial charge is 0.394 e. The number of ether oxygens (including phenoxy) is 2. The first-order valence-electron chi connectivity index (χ1n) is 33.4. The van der Waals surface area contributed by atoms with Crippen molar-refractivity contribution in [2.24, 2.45) is 0 Å². The van der Waals surface area contributed by atoms with Crippen molar-refractivity contribution in [1.29, 1.82) is 0 Å². The Balaban J connectivity index is 2.11. The van der Waals surface area contributed by atoms with Gasteiger partial charge in [-0.15, -0.1) is 0 Å². The standard InChI is InChI=1S/C67H127NO10/c1-3-5-7-9-11-13-15-17-18-19-20-21-22-23-24-25-26-27-28-29-30-31-32-33-34-35-36-37-38-39-40-41-43-45-47-49-51-53-55-60(71)66(76)68-58(57-77-67-65(75)64(74)63(73)61(56-69)78-67)62(72)59(70)54-52-50-48-46-44-42-16-14-12-10-8-6-4-2/h14,16,29-30,46,48,58-65,67,69-75H,3-13,15,17-28,31-45,47,49-57H2,1-2H3,(H,68,76)/b16-14+,30-29-,48-46+. The third-order valence-electron chi connectivity index (χ3n) is 16.1. The van der Waals surface area contributed by atoms with Crippen LogP contribution in [0, 0.1) is 0 Å². The Hall–Kier alpha value is -1.67. The van der Waals surface area contributed by atoms with Crippen molar-refractivity contribution in [3.8, 4) is 0 Å². The first-order valence-corrected chi connectivity index (χ1v) is 33.4. The van der Waals surface area contributed by atoms with Gasteiger partial charge in [0.15, 0.2) is 6.29 Å². The van der Waals surface area contributed by atoms with Gasteiger partial charge in [0.2, 0.25) is 5.91 Å². The molecule has 11 heteroatoms. The van der Waals surface area contributed by atoms with Crippen molar-refractivity contribution in [1.82, 2.24) is 5.32 Å². The SMILES string of the molecule is CCCCCC/C=C/CC/C=C/CCCC(O)C(O)C(COC1OC(CO)C(O)C(O)C1O)NC(=O)C(O)CCCCCCCCCCCCCCCCCC/C=C\CCCCCCCCCCCCCCCCCCCC. The maximum absolute atomic E-state index is 13.2. The Morgan fingerprint density at radius 2 is 0.769 bits per heavy atom. The van der Waals surface area contributed by atoms with Crippen LogP contribution >= 0.6 is 0 Å². The van der Waals surface area contributed by atoms with E-state index in [4.69, 9.17) is 9.47 Å². The molecule has 9 atom stereocenters. The van der Waals surface area contributed by atoms with Crippen molar-refractivity contribution in [3.05, 3.63) is 36.5 Å². The molecule has 78 heavy (non-hydrogen) atoms. The van der Waals surface area contributed by atoms with Crippen molar-refractivity contribution < 1.29 is 50.0 Å². The van der Waals surface area contributed by atoms with Crippen LogP contribution in [0.15, 0.2) is 36.5 Å². The predicted molar refractivity (Wildman–Crippen MR) is 325 cm³/mol. The summed E-state index contributed by atoms with van der Waals surface area (Å²) in [4.78, 5) is 13.2. The predicted octanol–water partition coefficient (Wildman–Crippen LogP) is 15.4. The molecular weight excluding hydrogens is 979 g/mol. The number of hydrogen-bond donors (Lipinski definition) is 8. The summed E-state index contributed by atoms with van der Waals surface area (Å²) in [6.07, 6.45) is 59.8. The average molecular weight is 1110 g/mol. The van der Waals surface area contributed by atoms with Crippen LogP contribution < -0.4 is 5.32 Å². The molecule has 0 aromatic carbocycles. The highest BCUT2D eigenvalue weighted by Gasteiger charge is 2.44. The van der Waals surface area contributed by atoms with Crippen LogP contribution in [-0.4, -0.2) is 110 Å². The summed E-state index contributed by atoms with van der Waals surface area (Å²) in [5.74, 6) is -0.708. The molecule has 0 spiro atoms. The third kappa shape index (κ3) is 43.1. The van der Waals surface area contributed by atoms with Gasteiger partial charge in [0.05, 0.1) is 25.4 Å². The Morgan fingerprint density at radius 1 is 0.436 bits per heavy atom. The van der Waals surface area contributed by atoms with Gasteiger partial charge in [0, 0.05) is 0 Å². The molecule has 0 aromatic heterocycles. The van der Waals surface area contributed by atoms with Gasteiger partial charge in [-0.3, -0.25) is 4.79 Å². The number of carbonyl (C=O) groups is 1. The number of hydrogen-bond acceptors (Lipinski definition) is 10. The zero-order valence-electron chi connectivity index (χ0n) is 50.7. The molecule has 0 radical (unpaired) electrons. The van der Waals surface area contributed by atoms with Crippen molar-refractivity contribution in [3.63, 3.8) is 0 Å². The van der Waals surface area contributed by atoms with E-state index in [-0.39, 0.29) is 12.8 Å². The molecule has 9 unspecified atom stereocenters. The van der Waals surface area contributed by atoms with Crippen molar-refractivity contribution >= 4 is 5.91 Å². The van der Waals surface area contributed by atoms with Crippen LogP contribution in [0.3, 0.4) is 0 Å². The number of allylic oxidation sites excluding steroid dienone is 6. The molecule has 0 bridgehead atoms. The quantitative estimate of drug-likeness (QED) is 0.0215. The van der Waals surface area contributed by atoms with E-state index in [9.17, 15) is 40.5 Å². The van der Waals surface area contributed by atoms with Crippen LogP contribution in [0.25, 0.3) is 0 Å². The molecule has 8 N–H and O–H groups in total. The molecule has 1 amide bonds. The summed E-state index contributed by atoms with van der Waals surface area (Å²) in [6, 6.07) is -1.19. The van der Waals surface area contributed by atoms with Gasteiger partial charge in [-0.1, -0.05) is 275 Å². The Bertz CT molecular complexity index is 1360. The fourth-order valence-electron chi connectivity index (χ4n) is 10.8. The lowest BCUT2D eigenvalue weighted by Crippen LogP contribution is -2.60. The number of nitrogens with one attached hydrogen (secondary N) is 1. The minimum atomic E-state index is -1.67. The molecular formula is C67H127NO10. The fourth-order valence-corrected chi connectivity index (χ4v) is 10.8. The number of amides is 1. The second kappa shape index (κ2) is 55.8. The van der Waals surface area contributed by atoms with Gasteiger partial charge in [0.1, 0.15) is 36.6 Å². The summed E-state index contributed by atoms with van der Waals surface area (Å²) in [6.45, 7) is 3.43. The van der Waals surface area contributed by atoms with Gasteiger partial charge in [-0.25, -0.2) is 0 Å². The number of aliphatic hydroxyl groups is 7. The summed E-state index contributed by atoms with van der Waals surface area (Å²) in [5, 5.41) is 76.1. The average Bonchev–Trinajstić information content (AvgIpc) is 3.45. The van der Waals surface area contributed by atoms with Gasteiger partial charge < -0.3 is 50.5 Å². The first kappa shape index (κ1) is 74.3. The van der Waals surface area contributed by atoms with Gasteiger partial charge >= 0.3 is 0 Å². The van der Waals surface area contributed by atoms with Crippen LogP contribution in [0.4, 0.5) is 0 Å². The summed E-state index contributed by atoms with van der Waals surface area (Å²) < 4.78 is 11.1. The molecule has 1 saturated heterocycles. The summed E-state index contributed by atoms with van der Waals surface area (Å²) in [5.41, 5.74) is 0. The van der Waals surface area contributed by atoms with E-state index >= 15 is 0 Å². The van der Waals surface area contributed by atoms with E-state index < -0.39 is 74.2 Å². The Labute approximate surface area is 479 Å². The number of rotatable bonds is 58. The van der Waals surface area contributed by atoms with Gasteiger partial charge in [-0.2, -0.15) is 0 Å². The summed E-state index contributed by atoms with van der Waals surface area (Å²) >= 11 is 0. The molecule has 1 aliphatic heterocycles.